The molecule has 0 aliphatic carbocycles. The first-order valence-corrected chi connectivity index (χ1v) is 5.26. The van der Waals surface area contributed by atoms with Crippen molar-refractivity contribution in [3.05, 3.63) is 47.5 Å². The summed E-state index contributed by atoms with van der Waals surface area (Å²) in [6.07, 6.45) is 1.48. The zero-order valence-electron chi connectivity index (χ0n) is 9.69. The molecule has 1 aromatic carbocycles. The predicted molar refractivity (Wildman–Crippen MR) is 64.1 cm³/mol. The quantitative estimate of drug-likeness (QED) is 0.791. The van der Waals surface area contributed by atoms with Gasteiger partial charge in [0.05, 0.1) is 0 Å². The molecule has 3 nitrogen and oxygen atoms in total. The van der Waals surface area contributed by atoms with E-state index in [9.17, 15) is 4.79 Å². The van der Waals surface area contributed by atoms with Crippen LogP contribution in [0.4, 0.5) is 4.79 Å². The highest BCUT2D eigenvalue weighted by Gasteiger charge is 1.99. The smallest absolute Gasteiger partial charge is 0.407 e. The molecule has 0 unspecified atom stereocenters. The number of amides is 1. The molecule has 0 saturated heterocycles. The van der Waals surface area contributed by atoms with E-state index < -0.39 is 0 Å². The first kappa shape index (κ1) is 12.3. The van der Waals surface area contributed by atoms with E-state index >= 15 is 0 Å². The molecule has 0 aliphatic heterocycles. The Labute approximate surface area is 96.1 Å². The molecule has 0 aliphatic rings. The van der Waals surface area contributed by atoms with Crippen molar-refractivity contribution >= 4 is 6.09 Å². The largest absolute Gasteiger partial charge is 0.445 e. The molecule has 86 valence electrons. The van der Waals surface area contributed by atoms with E-state index in [1.54, 1.807) is 0 Å². The van der Waals surface area contributed by atoms with Gasteiger partial charge in [0.2, 0.25) is 0 Å². The summed E-state index contributed by atoms with van der Waals surface area (Å²) in [5, 5.41) is 2.68. The average molecular weight is 219 g/mol. The molecule has 0 radical (unpaired) electrons. The Morgan fingerprint density at radius 3 is 2.62 bits per heavy atom. The Hall–Kier alpha value is -1.77. The molecule has 0 spiro atoms. The summed E-state index contributed by atoms with van der Waals surface area (Å²) < 4.78 is 4.95. The fraction of sp³-hybridized carbons (Fsp3) is 0.308. The molecule has 1 amide bonds. The number of ether oxygens (including phenoxy) is 1. The summed E-state index contributed by atoms with van der Waals surface area (Å²) in [5.41, 5.74) is 2.19. The van der Waals surface area contributed by atoms with Crippen LogP contribution < -0.4 is 5.32 Å². The van der Waals surface area contributed by atoms with Gasteiger partial charge in [-0.15, -0.1) is 0 Å². The second-order valence-corrected chi connectivity index (χ2v) is 3.72. The summed E-state index contributed by atoms with van der Waals surface area (Å²) in [7, 11) is 0. The molecule has 0 bridgehead atoms. The standard InChI is InChI=1S/C13H17NO2/c1-11(2)8-9-16-13(15)14-10-12-6-4-3-5-7-12/h3-8H,9-10H2,1-2H3,(H,14,15). The van der Waals surface area contributed by atoms with Crippen molar-refractivity contribution in [1.82, 2.24) is 5.32 Å². The molecule has 0 saturated carbocycles. The number of carbonyl (C=O) groups is 1. The van der Waals surface area contributed by atoms with Gasteiger partial charge in [0.25, 0.3) is 0 Å². The maximum atomic E-state index is 11.2. The number of nitrogens with one attached hydrogen (secondary N) is 1. The molecular weight excluding hydrogens is 202 g/mol. The van der Waals surface area contributed by atoms with Gasteiger partial charge in [-0.3, -0.25) is 0 Å². The normalized spacial score (nSPS) is 9.38. The van der Waals surface area contributed by atoms with Crippen LogP contribution in [-0.2, 0) is 11.3 Å². The fourth-order valence-corrected chi connectivity index (χ4v) is 1.11. The summed E-state index contributed by atoms with van der Waals surface area (Å²) in [5.74, 6) is 0. The van der Waals surface area contributed by atoms with E-state index in [0.717, 1.165) is 11.1 Å². The van der Waals surface area contributed by atoms with Gasteiger partial charge in [-0.1, -0.05) is 35.9 Å². The molecule has 0 heterocycles. The minimum Gasteiger partial charge on any atom is -0.445 e. The van der Waals surface area contributed by atoms with Crippen LogP contribution in [0.3, 0.4) is 0 Å². The maximum Gasteiger partial charge on any atom is 0.407 e. The van der Waals surface area contributed by atoms with E-state index in [4.69, 9.17) is 4.74 Å². The highest BCUT2D eigenvalue weighted by molar-refractivity contribution is 5.67. The molecule has 0 aromatic heterocycles. The Morgan fingerprint density at radius 2 is 2.00 bits per heavy atom. The molecule has 1 N–H and O–H groups in total. The van der Waals surface area contributed by atoms with Crippen molar-refractivity contribution in [3.8, 4) is 0 Å². The summed E-state index contributed by atoms with van der Waals surface area (Å²) >= 11 is 0. The van der Waals surface area contributed by atoms with Crippen molar-refractivity contribution in [2.24, 2.45) is 0 Å². The van der Waals surface area contributed by atoms with Crippen LogP contribution in [0.25, 0.3) is 0 Å². The highest BCUT2D eigenvalue weighted by Crippen LogP contribution is 1.97. The van der Waals surface area contributed by atoms with Gasteiger partial charge in [-0.2, -0.15) is 0 Å². The fourth-order valence-electron chi connectivity index (χ4n) is 1.11. The Morgan fingerprint density at radius 1 is 1.31 bits per heavy atom. The van der Waals surface area contributed by atoms with Crippen LogP contribution in [0.2, 0.25) is 0 Å². The van der Waals surface area contributed by atoms with Gasteiger partial charge in [0.1, 0.15) is 6.61 Å². The number of allylic oxidation sites excluding steroid dienone is 1. The van der Waals surface area contributed by atoms with Gasteiger partial charge >= 0.3 is 6.09 Å². The van der Waals surface area contributed by atoms with E-state index in [1.165, 1.54) is 0 Å². The third-order valence-electron chi connectivity index (χ3n) is 1.99. The van der Waals surface area contributed by atoms with Crippen molar-refractivity contribution in [1.29, 1.82) is 0 Å². The lowest BCUT2D eigenvalue weighted by Crippen LogP contribution is -2.23. The third kappa shape index (κ3) is 5.20. The zero-order chi connectivity index (χ0) is 11.8. The minimum atomic E-state index is -0.388. The molecule has 0 atom stereocenters. The van der Waals surface area contributed by atoms with Crippen LogP contribution in [0.1, 0.15) is 19.4 Å². The first-order chi connectivity index (χ1) is 7.68. The number of hydrogen-bond donors (Lipinski definition) is 1. The second-order valence-electron chi connectivity index (χ2n) is 3.72. The molecular formula is C13H17NO2. The lowest BCUT2D eigenvalue weighted by molar-refractivity contribution is 0.157. The van der Waals surface area contributed by atoms with Gasteiger partial charge < -0.3 is 10.1 Å². The van der Waals surface area contributed by atoms with Gasteiger partial charge in [-0.25, -0.2) is 4.79 Å². The van der Waals surface area contributed by atoms with E-state index in [2.05, 4.69) is 5.32 Å². The Balaban J connectivity index is 2.23. The topological polar surface area (TPSA) is 38.3 Å². The van der Waals surface area contributed by atoms with Crippen molar-refractivity contribution in [2.75, 3.05) is 6.61 Å². The maximum absolute atomic E-state index is 11.2. The lowest BCUT2D eigenvalue weighted by Gasteiger charge is -2.05. The SMILES string of the molecule is CC(C)=CCOC(=O)NCc1ccccc1. The summed E-state index contributed by atoms with van der Waals surface area (Å²) in [6.45, 7) is 4.74. The number of benzene rings is 1. The average Bonchev–Trinajstić information content (AvgIpc) is 2.27. The Kier molecular flexibility index (Phi) is 5.12. The van der Waals surface area contributed by atoms with Crippen LogP contribution in [0.5, 0.6) is 0 Å². The lowest BCUT2D eigenvalue weighted by atomic mass is 10.2. The monoisotopic (exact) mass is 219 g/mol. The van der Waals surface area contributed by atoms with Crippen LogP contribution in [0, 0.1) is 0 Å². The highest BCUT2D eigenvalue weighted by atomic mass is 16.5. The number of alkyl carbamates (subject to hydrolysis) is 1. The summed E-state index contributed by atoms with van der Waals surface area (Å²) in [4.78, 5) is 11.2. The van der Waals surface area contributed by atoms with Crippen molar-refractivity contribution < 1.29 is 9.53 Å². The van der Waals surface area contributed by atoms with E-state index in [0.29, 0.717) is 13.2 Å². The molecule has 16 heavy (non-hydrogen) atoms. The first-order valence-electron chi connectivity index (χ1n) is 5.26. The third-order valence-corrected chi connectivity index (χ3v) is 1.99. The van der Waals surface area contributed by atoms with E-state index in [1.807, 2.05) is 50.3 Å². The number of rotatable bonds is 4. The van der Waals surface area contributed by atoms with E-state index in [-0.39, 0.29) is 6.09 Å². The number of hydrogen-bond acceptors (Lipinski definition) is 2. The summed E-state index contributed by atoms with van der Waals surface area (Å²) in [6, 6.07) is 9.72. The van der Waals surface area contributed by atoms with Gasteiger partial charge in [0.15, 0.2) is 0 Å². The van der Waals surface area contributed by atoms with Crippen LogP contribution in [-0.4, -0.2) is 12.7 Å². The Bertz CT molecular complexity index is 353. The van der Waals surface area contributed by atoms with Crippen molar-refractivity contribution in [3.63, 3.8) is 0 Å². The minimum absolute atomic E-state index is 0.322. The van der Waals surface area contributed by atoms with Gasteiger partial charge in [-0.05, 0) is 25.5 Å². The molecule has 1 aromatic rings. The number of carbonyl (C=O) groups excluding carboxylic acids is 1. The molecule has 3 heteroatoms. The second kappa shape index (κ2) is 6.67. The van der Waals surface area contributed by atoms with Crippen LogP contribution in [0.15, 0.2) is 42.0 Å². The molecule has 1 rings (SSSR count). The van der Waals surface area contributed by atoms with Gasteiger partial charge in [0, 0.05) is 6.54 Å². The predicted octanol–water partition coefficient (Wildman–Crippen LogP) is 2.88. The zero-order valence-corrected chi connectivity index (χ0v) is 9.69. The van der Waals surface area contributed by atoms with Crippen LogP contribution >= 0.6 is 0 Å². The molecule has 0 fully saturated rings. The van der Waals surface area contributed by atoms with Crippen molar-refractivity contribution in [2.45, 2.75) is 20.4 Å².